The number of fused-ring (bicyclic) bond motifs is 3. The zero-order valence-corrected chi connectivity index (χ0v) is 12.3. The van der Waals surface area contributed by atoms with Gasteiger partial charge in [-0.05, 0) is 26.2 Å². The zero-order chi connectivity index (χ0) is 11.1. The minimum atomic E-state index is 0. The van der Waals surface area contributed by atoms with Crippen LogP contribution in [0.15, 0.2) is 0 Å². The summed E-state index contributed by atoms with van der Waals surface area (Å²) < 4.78 is 0. The van der Waals surface area contributed by atoms with Crippen LogP contribution in [0.3, 0.4) is 0 Å². The van der Waals surface area contributed by atoms with Crippen LogP contribution in [-0.2, 0) is 0 Å². The third-order valence-corrected chi connectivity index (χ3v) is 3.46. The molecule has 94 valence electrons. The molecular formula is C12H24Li2N4. The van der Waals surface area contributed by atoms with E-state index in [0.29, 0.717) is 0 Å². The normalized spacial score (nSPS) is 30.7. The van der Waals surface area contributed by atoms with Crippen LogP contribution in [0.5, 0.6) is 0 Å². The van der Waals surface area contributed by atoms with Gasteiger partial charge in [-0.15, -0.1) is 26.2 Å². The van der Waals surface area contributed by atoms with Gasteiger partial charge in [0.05, 0.1) is 0 Å². The van der Waals surface area contributed by atoms with Crippen molar-refractivity contribution in [3.05, 3.63) is 10.6 Å². The monoisotopic (exact) mass is 238 g/mol. The molecule has 0 radical (unpaired) electrons. The molecule has 0 amide bonds. The summed E-state index contributed by atoms with van der Waals surface area (Å²) in [5.74, 6) is 0. The second-order valence-corrected chi connectivity index (χ2v) is 4.73. The molecule has 2 rings (SSSR count). The average Bonchev–Trinajstić information content (AvgIpc) is 2.33. The third-order valence-electron chi connectivity index (χ3n) is 3.46. The van der Waals surface area contributed by atoms with Crippen molar-refractivity contribution in [2.75, 3.05) is 65.4 Å². The minimum Gasteiger partial charge on any atom is -0.661 e. The molecule has 2 aliphatic heterocycles. The van der Waals surface area contributed by atoms with Crippen LogP contribution in [0.2, 0.25) is 0 Å². The Morgan fingerprint density at radius 1 is 0.500 bits per heavy atom. The van der Waals surface area contributed by atoms with E-state index < -0.39 is 0 Å². The minimum absolute atomic E-state index is 0. The molecule has 2 saturated heterocycles. The molecule has 2 bridgehead atoms. The van der Waals surface area contributed by atoms with Crippen molar-refractivity contribution in [3.63, 3.8) is 0 Å². The van der Waals surface area contributed by atoms with Crippen molar-refractivity contribution < 1.29 is 37.7 Å². The topological polar surface area (TPSA) is 34.7 Å². The van der Waals surface area contributed by atoms with E-state index in [-0.39, 0.29) is 37.7 Å². The molecule has 0 spiro atoms. The standard InChI is InChI=1S/C12H24N4.2Li/c1-3-13-5-10-16-8-2-4-14-6-9-15(7-1)11-12-16;;/h1-12H2;;/q-2;2*+1. The molecule has 2 unspecified atom stereocenters. The van der Waals surface area contributed by atoms with Crippen LogP contribution in [0, 0.1) is 0 Å². The van der Waals surface area contributed by atoms with Crippen LogP contribution >= 0.6 is 0 Å². The molecule has 2 heterocycles. The Kier molecular flexibility index (Phi) is 12.5. The first-order valence-electron chi connectivity index (χ1n) is 6.66. The molecular weight excluding hydrogens is 214 g/mol. The first-order valence-corrected chi connectivity index (χ1v) is 6.66. The molecule has 2 atom stereocenters. The maximum absolute atomic E-state index is 4.59. The molecule has 0 N–H and O–H groups in total. The Bertz CT molecular complexity index is 159. The van der Waals surface area contributed by atoms with Crippen LogP contribution < -0.4 is 37.7 Å². The zero-order valence-electron chi connectivity index (χ0n) is 12.3. The van der Waals surface area contributed by atoms with E-state index in [1.807, 2.05) is 0 Å². The van der Waals surface area contributed by atoms with Gasteiger partial charge in [-0.3, -0.25) is 0 Å². The first kappa shape index (κ1) is 19.0. The van der Waals surface area contributed by atoms with Crippen LogP contribution in [-0.4, -0.2) is 75.2 Å². The molecule has 2 aliphatic rings. The summed E-state index contributed by atoms with van der Waals surface area (Å²) in [6.07, 6.45) is 2.44. The van der Waals surface area contributed by atoms with Gasteiger partial charge >= 0.3 is 37.7 Å². The van der Waals surface area contributed by atoms with Crippen LogP contribution in [0.4, 0.5) is 0 Å². The smallest absolute Gasteiger partial charge is 0.661 e. The molecule has 6 heteroatoms. The molecule has 2 fully saturated rings. The summed E-state index contributed by atoms with van der Waals surface area (Å²) >= 11 is 0. The van der Waals surface area contributed by atoms with Gasteiger partial charge in [0.15, 0.2) is 0 Å². The van der Waals surface area contributed by atoms with Gasteiger partial charge < -0.3 is 20.4 Å². The molecule has 0 aromatic rings. The summed E-state index contributed by atoms with van der Waals surface area (Å²) in [6.45, 7) is 11.3. The van der Waals surface area contributed by atoms with Gasteiger partial charge in [0, 0.05) is 13.1 Å². The van der Waals surface area contributed by atoms with Crippen molar-refractivity contribution in [2.45, 2.75) is 12.8 Å². The van der Waals surface area contributed by atoms with E-state index in [4.69, 9.17) is 0 Å². The van der Waals surface area contributed by atoms with Gasteiger partial charge in [0.1, 0.15) is 0 Å². The quantitative estimate of drug-likeness (QED) is 0.397. The first-order chi connectivity index (χ1) is 7.95. The van der Waals surface area contributed by atoms with Gasteiger partial charge in [0.25, 0.3) is 0 Å². The number of hydrogen-bond donors (Lipinski definition) is 0. The largest absolute Gasteiger partial charge is 1.00 e. The van der Waals surface area contributed by atoms with Crippen molar-refractivity contribution in [2.24, 2.45) is 0 Å². The fourth-order valence-corrected chi connectivity index (χ4v) is 2.41. The van der Waals surface area contributed by atoms with E-state index in [1.165, 1.54) is 39.0 Å². The van der Waals surface area contributed by atoms with Crippen molar-refractivity contribution in [1.82, 2.24) is 9.80 Å². The third kappa shape index (κ3) is 7.58. The Hall–Kier alpha value is 1.03. The van der Waals surface area contributed by atoms with Crippen LogP contribution in [0.25, 0.3) is 10.6 Å². The maximum Gasteiger partial charge on any atom is 1.00 e. The Labute approximate surface area is 136 Å². The molecule has 4 nitrogen and oxygen atoms in total. The molecule has 0 aromatic heterocycles. The van der Waals surface area contributed by atoms with Crippen molar-refractivity contribution >= 4 is 0 Å². The van der Waals surface area contributed by atoms with E-state index in [9.17, 15) is 0 Å². The maximum atomic E-state index is 4.59. The van der Waals surface area contributed by atoms with Crippen molar-refractivity contribution in [3.8, 4) is 0 Å². The van der Waals surface area contributed by atoms with Gasteiger partial charge in [-0.1, -0.05) is 12.8 Å². The van der Waals surface area contributed by atoms with Gasteiger partial charge in [-0.2, -0.15) is 0 Å². The summed E-state index contributed by atoms with van der Waals surface area (Å²) in [6, 6.07) is 0. The predicted octanol–water partition coefficient (Wildman–Crippen LogP) is -4.85. The van der Waals surface area contributed by atoms with E-state index >= 15 is 0 Å². The Balaban J connectivity index is 0.00000144. The van der Waals surface area contributed by atoms with Crippen molar-refractivity contribution in [1.29, 1.82) is 0 Å². The molecule has 18 heavy (non-hydrogen) atoms. The summed E-state index contributed by atoms with van der Waals surface area (Å²) in [7, 11) is 0. The van der Waals surface area contributed by atoms with Gasteiger partial charge in [-0.25, -0.2) is 0 Å². The van der Waals surface area contributed by atoms with E-state index in [0.717, 1.165) is 39.3 Å². The number of nitrogens with zero attached hydrogens (tertiary/aromatic N) is 4. The number of hydrogen-bond acceptors (Lipinski definition) is 2. The van der Waals surface area contributed by atoms with Crippen LogP contribution in [0.1, 0.15) is 12.8 Å². The van der Waals surface area contributed by atoms with E-state index in [1.54, 1.807) is 0 Å². The van der Waals surface area contributed by atoms with Gasteiger partial charge in [0.2, 0.25) is 0 Å². The molecule has 0 aliphatic carbocycles. The fourth-order valence-electron chi connectivity index (χ4n) is 2.41. The second-order valence-electron chi connectivity index (χ2n) is 4.73. The summed E-state index contributed by atoms with van der Waals surface area (Å²) in [5, 5.41) is 9.17. The Morgan fingerprint density at radius 3 is 1.39 bits per heavy atom. The van der Waals surface area contributed by atoms with E-state index in [2.05, 4.69) is 20.4 Å². The fraction of sp³-hybridized carbons (Fsp3) is 1.00. The summed E-state index contributed by atoms with van der Waals surface area (Å²) in [5.41, 5.74) is 0. The average molecular weight is 238 g/mol. The Morgan fingerprint density at radius 2 is 0.944 bits per heavy atom. The second kappa shape index (κ2) is 11.8. The molecule has 0 aromatic carbocycles. The number of rotatable bonds is 0. The molecule has 0 saturated carbocycles. The summed E-state index contributed by atoms with van der Waals surface area (Å²) in [4.78, 5) is 5.12. The predicted molar refractivity (Wildman–Crippen MR) is 68.3 cm³/mol. The SMILES string of the molecule is C1C[N-]CCN2CCC[N-]CCN(C1)CC2.[Li+].[Li+].